The molecule has 2 aromatic carbocycles. The van der Waals surface area contributed by atoms with Gasteiger partial charge in [-0.05, 0) is 48.4 Å². The Labute approximate surface area is 170 Å². The van der Waals surface area contributed by atoms with E-state index in [4.69, 9.17) is 11.6 Å². The number of anilines is 1. The van der Waals surface area contributed by atoms with E-state index in [1.807, 2.05) is 6.07 Å². The summed E-state index contributed by atoms with van der Waals surface area (Å²) in [5, 5.41) is 12.1. The van der Waals surface area contributed by atoms with Gasteiger partial charge in [-0.2, -0.15) is 5.26 Å². The van der Waals surface area contributed by atoms with Crippen LogP contribution in [0.25, 0.3) is 0 Å². The van der Waals surface area contributed by atoms with Gasteiger partial charge in [0.2, 0.25) is 5.91 Å². The van der Waals surface area contributed by atoms with E-state index in [0.29, 0.717) is 17.1 Å². The summed E-state index contributed by atoms with van der Waals surface area (Å²) in [5.74, 6) is -1.19. The Morgan fingerprint density at radius 2 is 1.89 bits per heavy atom. The molecule has 0 spiro atoms. The number of nitrogens with zero attached hydrogens (tertiary/aromatic N) is 2. The minimum Gasteiger partial charge on any atom is -0.354 e. The Kier molecular flexibility index (Phi) is 6.02. The lowest BCUT2D eigenvalue weighted by Crippen LogP contribution is -2.31. The molecule has 0 bridgehead atoms. The highest BCUT2D eigenvalue weighted by Crippen LogP contribution is 2.42. The number of rotatable bonds is 4. The standard InChI is InChI=1S/C20H15ClFN3O2S/c1-24-18(26)16(11-23)20-25(15-8-4-13(21)5-9-15)19(27)17(28-20)10-12-2-6-14(22)7-3-12/h2-9,17H,10H2,1H3,(H,24,26)/b20-16-. The first-order chi connectivity index (χ1) is 13.4. The summed E-state index contributed by atoms with van der Waals surface area (Å²) in [4.78, 5) is 26.7. The average Bonchev–Trinajstić information content (AvgIpc) is 3.00. The second-order valence-corrected chi connectivity index (χ2v) is 7.59. The van der Waals surface area contributed by atoms with Crippen LogP contribution in [0.4, 0.5) is 10.1 Å². The molecule has 1 heterocycles. The van der Waals surface area contributed by atoms with Gasteiger partial charge in [-0.25, -0.2) is 4.39 Å². The fraction of sp³-hybridized carbons (Fsp3) is 0.150. The van der Waals surface area contributed by atoms with Crippen molar-refractivity contribution in [1.82, 2.24) is 5.32 Å². The Balaban J connectivity index is 2.03. The van der Waals surface area contributed by atoms with Gasteiger partial charge < -0.3 is 5.32 Å². The van der Waals surface area contributed by atoms with E-state index in [-0.39, 0.29) is 22.3 Å². The number of hydrogen-bond donors (Lipinski definition) is 1. The molecule has 1 aliphatic rings. The number of carbonyl (C=O) groups is 2. The van der Waals surface area contributed by atoms with Crippen molar-refractivity contribution in [2.75, 3.05) is 11.9 Å². The van der Waals surface area contributed by atoms with Crippen LogP contribution < -0.4 is 10.2 Å². The first-order valence-electron chi connectivity index (χ1n) is 8.31. The van der Waals surface area contributed by atoms with Crippen LogP contribution in [0.1, 0.15) is 5.56 Å². The molecule has 1 saturated heterocycles. The summed E-state index contributed by atoms with van der Waals surface area (Å²) >= 11 is 7.08. The lowest BCUT2D eigenvalue weighted by atomic mass is 10.1. The van der Waals surface area contributed by atoms with Crippen LogP contribution in [-0.4, -0.2) is 24.1 Å². The fourth-order valence-electron chi connectivity index (χ4n) is 2.77. The molecule has 5 nitrogen and oxygen atoms in total. The molecule has 1 fully saturated rings. The number of hydrogen-bond acceptors (Lipinski definition) is 4. The van der Waals surface area contributed by atoms with Gasteiger partial charge in [0.25, 0.3) is 5.91 Å². The van der Waals surface area contributed by atoms with Gasteiger partial charge in [0.15, 0.2) is 0 Å². The minimum absolute atomic E-state index is 0.141. The lowest BCUT2D eigenvalue weighted by molar-refractivity contribution is -0.117. The Morgan fingerprint density at radius 3 is 2.46 bits per heavy atom. The predicted molar refractivity (Wildman–Crippen MR) is 107 cm³/mol. The smallest absolute Gasteiger partial charge is 0.264 e. The van der Waals surface area contributed by atoms with Crippen LogP contribution in [0.3, 0.4) is 0 Å². The highest BCUT2D eigenvalue weighted by Gasteiger charge is 2.40. The Morgan fingerprint density at radius 1 is 1.25 bits per heavy atom. The molecule has 28 heavy (non-hydrogen) atoms. The van der Waals surface area contributed by atoms with E-state index in [1.54, 1.807) is 36.4 Å². The van der Waals surface area contributed by atoms with Gasteiger partial charge in [-0.1, -0.05) is 35.5 Å². The summed E-state index contributed by atoms with van der Waals surface area (Å²) in [5.41, 5.74) is 1.15. The van der Waals surface area contributed by atoms with E-state index in [2.05, 4.69) is 5.32 Å². The number of halogens is 2. The minimum atomic E-state index is -0.570. The van der Waals surface area contributed by atoms with Gasteiger partial charge >= 0.3 is 0 Å². The van der Waals surface area contributed by atoms with E-state index >= 15 is 0 Å². The van der Waals surface area contributed by atoms with Crippen molar-refractivity contribution in [2.45, 2.75) is 11.7 Å². The number of thioether (sulfide) groups is 1. The molecule has 0 aromatic heterocycles. The first kappa shape index (κ1) is 19.9. The SMILES string of the molecule is CNC(=O)/C(C#N)=C1\SC(Cc2ccc(F)cc2)C(=O)N1c1ccc(Cl)cc1. The highest BCUT2D eigenvalue weighted by atomic mass is 35.5. The average molecular weight is 416 g/mol. The van der Waals surface area contributed by atoms with Gasteiger partial charge in [-0.15, -0.1) is 0 Å². The second-order valence-electron chi connectivity index (χ2n) is 5.96. The maximum atomic E-state index is 13.2. The zero-order chi connectivity index (χ0) is 20.3. The molecule has 1 aliphatic heterocycles. The molecule has 1 atom stereocenters. The van der Waals surface area contributed by atoms with Gasteiger partial charge in [0, 0.05) is 17.8 Å². The zero-order valence-corrected chi connectivity index (χ0v) is 16.4. The van der Waals surface area contributed by atoms with E-state index in [1.165, 1.54) is 24.1 Å². The van der Waals surface area contributed by atoms with Crippen LogP contribution >= 0.6 is 23.4 Å². The number of nitrogens with one attached hydrogen (secondary N) is 1. The maximum Gasteiger partial charge on any atom is 0.264 e. The summed E-state index contributed by atoms with van der Waals surface area (Å²) in [6.45, 7) is 0. The molecule has 0 radical (unpaired) electrons. The topological polar surface area (TPSA) is 73.2 Å². The van der Waals surface area contributed by atoms with Crippen LogP contribution in [0.5, 0.6) is 0 Å². The van der Waals surface area contributed by atoms with Crippen LogP contribution in [0, 0.1) is 17.1 Å². The molecule has 3 rings (SSSR count). The van der Waals surface area contributed by atoms with Gasteiger partial charge in [-0.3, -0.25) is 14.5 Å². The number of nitriles is 1. The summed E-state index contributed by atoms with van der Waals surface area (Å²) in [6, 6.07) is 14.4. The maximum absolute atomic E-state index is 13.2. The highest BCUT2D eigenvalue weighted by molar-refractivity contribution is 8.05. The third-order valence-corrected chi connectivity index (χ3v) is 5.67. The first-order valence-corrected chi connectivity index (χ1v) is 9.57. The molecule has 8 heteroatoms. The van der Waals surface area contributed by atoms with Crippen molar-refractivity contribution < 1.29 is 14.0 Å². The van der Waals surface area contributed by atoms with Crippen LogP contribution in [0.2, 0.25) is 5.02 Å². The van der Waals surface area contributed by atoms with Gasteiger partial charge in [0.1, 0.15) is 22.5 Å². The van der Waals surface area contributed by atoms with Crippen molar-refractivity contribution in [3.05, 3.63) is 75.5 Å². The van der Waals surface area contributed by atoms with Crippen molar-refractivity contribution in [1.29, 1.82) is 5.26 Å². The summed E-state index contributed by atoms with van der Waals surface area (Å²) in [7, 11) is 1.42. The van der Waals surface area contributed by atoms with Crippen LogP contribution in [-0.2, 0) is 16.0 Å². The molecule has 1 unspecified atom stereocenters. The molecule has 2 amide bonds. The monoisotopic (exact) mass is 415 g/mol. The molecular weight excluding hydrogens is 401 g/mol. The number of likely N-dealkylation sites (N-methyl/N-ethyl adjacent to an activating group) is 1. The second kappa shape index (κ2) is 8.46. The van der Waals surface area contributed by atoms with E-state index < -0.39 is 11.2 Å². The molecule has 142 valence electrons. The molecule has 2 aromatic rings. The lowest BCUT2D eigenvalue weighted by Gasteiger charge is -2.18. The zero-order valence-electron chi connectivity index (χ0n) is 14.8. The van der Waals surface area contributed by atoms with Gasteiger partial charge in [0.05, 0.1) is 5.25 Å². The molecule has 1 N–H and O–H groups in total. The van der Waals surface area contributed by atoms with Crippen molar-refractivity contribution in [3.63, 3.8) is 0 Å². The van der Waals surface area contributed by atoms with Crippen molar-refractivity contribution in [3.8, 4) is 6.07 Å². The fourth-order valence-corrected chi connectivity index (χ4v) is 4.21. The van der Waals surface area contributed by atoms with Crippen molar-refractivity contribution in [2.24, 2.45) is 0 Å². The van der Waals surface area contributed by atoms with E-state index in [0.717, 1.165) is 17.3 Å². The number of amides is 2. The summed E-state index contributed by atoms with van der Waals surface area (Å²) in [6.07, 6.45) is 0.337. The molecule has 0 aliphatic carbocycles. The Hall–Kier alpha value is -2.82. The largest absolute Gasteiger partial charge is 0.354 e. The van der Waals surface area contributed by atoms with Crippen molar-refractivity contribution >= 4 is 40.9 Å². The molecule has 0 saturated carbocycles. The number of benzene rings is 2. The normalized spacial score (nSPS) is 18.0. The molecular formula is C20H15ClFN3O2S. The third-order valence-electron chi connectivity index (χ3n) is 4.15. The third kappa shape index (κ3) is 4.03. The van der Waals surface area contributed by atoms with E-state index in [9.17, 15) is 19.2 Å². The predicted octanol–water partition coefficient (Wildman–Crippen LogP) is 3.65. The quantitative estimate of drug-likeness (QED) is 0.611. The number of carbonyl (C=O) groups excluding carboxylic acids is 2. The summed E-state index contributed by atoms with van der Waals surface area (Å²) < 4.78 is 13.2. The van der Waals surface area contributed by atoms with Crippen LogP contribution in [0.15, 0.2) is 59.1 Å². The Bertz CT molecular complexity index is 984.